The van der Waals surface area contributed by atoms with E-state index in [2.05, 4.69) is 9.47 Å². The third-order valence-electron chi connectivity index (χ3n) is 1.02. The molecule has 0 radical (unpaired) electrons. The quantitative estimate of drug-likeness (QED) is 0.392. The number of rotatable bonds is 6. The molecule has 0 aliphatic carbocycles. The molecule has 0 saturated carbocycles. The minimum atomic E-state index is -4.69. The zero-order valence-corrected chi connectivity index (χ0v) is 10.5. The molecule has 68 valence electrons. The van der Waals surface area contributed by atoms with Crippen LogP contribution in [0.25, 0.3) is 0 Å². The van der Waals surface area contributed by atoms with E-state index in [4.69, 9.17) is 0 Å². The van der Waals surface area contributed by atoms with Gasteiger partial charge in [0.1, 0.15) is 0 Å². The van der Waals surface area contributed by atoms with Crippen LogP contribution in [0.3, 0.4) is 0 Å². The summed E-state index contributed by atoms with van der Waals surface area (Å²) in [6, 6.07) is 0. The molecule has 0 rings (SSSR count). The number of hydrogen-bond donors (Lipinski definition) is 0. The summed E-state index contributed by atoms with van der Waals surface area (Å²) < 4.78 is 43.7. The maximum atomic E-state index is 11.5. The van der Waals surface area contributed by atoms with Crippen molar-refractivity contribution in [2.75, 3.05) is 26.9 Å². The first-order chi connectivity index (χ1) is 5.06. The molecule has 0 saturated heterocycles. The molecule has 0 aromatic carbocycles. The van der Waals surface area contributed by atoms with E-state index < -0.39 is 13.3 Å². The van der Waals surface area contributed by atoms with Gasteiger partial charge in [0.25, 0.3) is 0 Å². The summed E-state index contributed by atoms with van der Waals surface area (Å²) >= 11 is 0. The van der Waals surface area contributed by atoms with Gasteiger partial charge in [0, 0.05) is 13.7 Å². The van der Waals surface area contributed by atoms with E-state index in [1.807, 2.05) is 0 Å². The normalized spacial score (nSPS) is 11.0. The summed E-state index contributed by atoms with van der Waals surface area (Å²) in [5.74, 6) is 0. The zero-order chi connectivity index (χ0) is 8.74. The van der Waals surface area contributed by atoms with Crippen LogP contribution in [-0.2, 0) is 9.47 Å². The van der Waals surface area contributed by atoms with Crippen LogP contribution in [0, 0.1) is 0 Å². The Morgan fingerprint density at radius 1 is 1.08 bits per heavy atom. The monoisotopic (exact) mass is 210 g/mol. The molecular formula is C5H11BF3KO2. The molecule has 0 amide bonds. The molecule has 0 aliphatic rings. The van der Waals surface area contributed by atoms with Crippen molar-refractivity contribution in [1.82, 2.24) is 0 Å². The molecule has 0 heterocycles. The smallest absolute Gasteiger partial charge is 0.449 e. The van der Waals surface area contributed by atoms with Crippen molar-refractivity contribution in [1.29, 1.82) is 0 Å². The van der Waals surface area contributed by atoms with Gasteiger partial charge in [-0.3, -0.25) is 0 Å². The van der Waals surface area contributed by atoms with Gasteiger partial charge in [0.15, 0.2) is 0 Å². The Kier molecular flexibility index (Phi) is 11.9. The summed E-state index contributed by atoms with van der Waals surface area (Å²) in [5, 5.41) is 0. The van der Waals surface area contributed by atoms with E-state index in [0.29, 0.717) is 6.61 Å². The Morgan fingerprint density at radius 3 is 2.08 bits per heavy atom. The first-order valence-corrected chi connectivity index (χ1v) is 3.34. The molecule has 0 bridgehead atoms. The fourth-order valence-corrected chi connectivity index (χ4v) is 0.461. The van der Waals surface area contributed by atoms with Gasteiger partial charge in [-0.05, 0) is 0 Å². The molecule has 12 heavy (non-hydrogen) atoms. The average Bonchev–Trinajstić information content (AvgIpc) is 1.85. The number of ether oxygens (including phenoxy) is 2. The van der Waals surface area contributed by atoms with E-state index in [1.165, 1.54) is 7.11 Å². The van der Waals surface area contributed by atoms with Gasteiger partial charge in [-0.1, -0.05) is 6.32 Å². The summed E-state index contributed by atoms with van der Waals surface area (Å²) in [6.45, 7) is -4.38. The van der Waals surface area contributed by atoms with Gasteiger partial charge in [-0.2, -0.15) is 0 Å². The van der Waals surface area contributed by atoms with E-state index in [-0.39, 0.29) is 64.6 Å². The van der Waals surface area contributed by atoms with Crippen molar-refractivity contribution in [2.45, 2.75) is 6.32 Å². The van der Waals surface area contributed by atoms with Crippen molar-refractivity contribution < 1.29 is 73.8 Å². The molecule has 0 fully saturated rings. The van der Waals surface area contributed by atoms with Crippen LogP contribution >= 0.6 is 0 Å². The van der Waals surface area contributed by atoms with Crippen molar-refractivity contribution in [2.24, 2.45) is 0 Å². The maximum absolute atomic E-state index is 11.5. The van der Waals surface area contributed by atoms with E-state index in [9.17, 15) is 12.9 Å². The third kappa shape index (κ3) is 14.0. The average molecular weight is 210 g/mol. The Bertz CT molecular complexity index is 101. The molecule has 7 heteroatoms. The van der Waals surface area contributed by atoms with Gasteiger partial charge < -0.3 is 22.4 Å². The minimum Gasteiger partial charge on any atom is -0.449 e. The summed E-state index contributed by atoms with van der Waals surface area (Å²) in [7, 11) is 1.47. The molecule has 0 spiro atoms. The van der Waals surface area contributed by atoms with Crippen LogP contribution in [0.2, 0.25) is 6.32 Å². The second kappa shape index (κ2) is 8.99. The number of methoxy groups -OCH3 is 1. The maximum Gasteiger partial charge on any atom is 1.00 e. The Balaban J connectivity index is 0. The summed E-state index contributed by atoms with van der Waals surface area (Å²) in [5.41, 5.74) is 0. The van der Waals surface area contributed by atoms with Crippen LogP contribution in [0.1, 0.15) is 0 Å². The molecule has 0 atom stereocenters. The van der Waals surface area contributed by atoms with Crippen molar-refractivity contribution in [3.63, 3.8) is 0 Å². The van der Waals surface area contributed by atoms with Crippen LogP contribution < -0.4 is 51.4 Å². The second-order valence-electron chi connectivity index (χ2n) is 2.10. The minimum absolute atomic E-state index is 0. The Labute approximate surface area is 113 Å². The predicted molar refractivity (Wildman–Crippen MR) is 36.6 cm³/mol. The molecule has 2 nitrogen and oxygen atoms in total. The SMILES string of the molecule is COCCOCC[B-](F)(F)F.[K+]. The zero-order valence-electron chi connectivity index (χ0n) is 7.36. The van der Waals surface area contributed by atoms with Crippen molar-refractivity contribution in [3.05, 3.63) is 0 Å². The Morgan fingerprint density at radius 2 is 1.67 bits per heavy atom. The van der Waals surface area contributed by atoms with Gasteiger partial charge in [-0.15, -0.1) is 0 Å². The third-order valence-corrected chi connectivity index (χ3v) is 1.02. The van der Waals surface area contributed by atoms with Crippen LogP contribution in [-0.4, -0.2) is 33.9 Å². The number of halogens is 3. The first-order valence-electron chi connectivity index (χ1n) is 3.34. The molecule has 0 aliphatic heterocycles. The predicted octanol–water partition coefficient (Wildman–Crippen LogP) is -1.50. The van der Waals surface area contributed by atoms with Crippen LogP contribution in [0.4, 0.5) is 12.9 Å². The van der Waals surface area contributed by atoms with Gasteiger partial charge in [-0.25, -0.2) is 0 Å². The largest absolute Gasteiger partial charge is 1.00 e. The molecular weight excluding hydrogens is 199 g/mol. The van der Waals surface area contributed by atoms with E-state index in [1.54, 1.807) is 0 Å². The fourth-order valence-electron chi connectivity index (χ4n) is 0.461. The topological polar surface area (TPSA) is 18.5 Å². The van der Waals surface area contributed by atoms with Gasteiger partial charge >= 0.3 is 58.4 Å². The van der Waals surface area contributed by atoms with Crippen LogP contribution in [0.15, 0.2) is 0 Å². The fraction of sp³-hybridized carbons (Fsp3) is 1.00. The van der Waals surface area contributed by atoms with Crippen LogP contribution in [0.5, 0.6) is 0 Å². The van der Waals surface area contributed by atoms with Crippen molar-refractivity contribution >= 4 is 6.98 Å². The second-order valence-corrected chi connectivity index (χ2v) is 2.10. The van der Waals surface area contributed by atoms with E-state index in [0.717, 1.165) is 0 Å². The van der Waals surface area contributed by atoms with Gasteiger partial charge in [0.05, 0.1) is 13.2 Å². The standard InChI is InChI=1S/C5H11BF3O2.K/c1-10-4-5-11-3-2-6(7,8)9;/h2-5H2,1H3;/q-1;+1. The number of hydrogen-bond acceptors (Lipinski definition) is 2. The summed E-state index contributed by atoms with van der Waals surface area (Å²) in [6.07, 6.45) is -0.830. The van der Waals surface area contributed by atoms with Crippen molar-refractivity contribution in [3.8, 4) is 0 Å². The molecule has 0 N–H and O–H groups in total. The first kappa shape index (κ1) is 15.9. The molecule has 0 aromatic rings. The summed E-state index contributed by atoms with van der Waals surface area (Å²) in [4.78, 5) is 0. The molecule has 0 aromatic heterocycles. The molecule has 0 unspecified atom stereocenters. The van der Waals surface area contributed by atoms with Gasteiger partial charge in [0.2, 0.25) is 0 Å². The Hall–Kier alpha value is 1.41. The van der Waals surface area contributed by atoms with E-state index >= 15 is 0 Å².